The highest BCUT2D eigenvalue weighted by Gasteiger charge is 2.23. The maximum Gasteiger partial charge on any atom is 0.0429 e. The quantitative estimate of drug-likeness (QED) is 0.856. The van der Waals surface area contributed by atoms with Crippen LogP contribution in [0.5, 0.6) is 0 Å². The normalized spacial score (nSPS) is 18.5. The Morgan fingerprint density at radius 1 is 1.22 bits per heavy atom. The lowest BCUT2D eigenvalue weighted by molar-refractivity contribution is 0.190. The van der Waals surface area contributed by atoms with Crippen molar-refractivity contribution in [1.29, 1.82) is 0 Å². The van der Waals surface area contributed by atoms with Crippen molar-refractivity contribution in [3.8, 4) is 0 Å². The highest BCUT2D eigenvalue weighted by Crippen LogP contribution is 2.25. The molecule has 1 aromatic rings. The second kappa shape index (κ2) is 5.75. The first kappa shape index (κ1) is 13.4. The molecule has 0 bridgehead atoms. The van der Waals surface area contributed by atoms with E-state index >= 15 is 0 Å². The second-order valence-corrected chi connectivity index (χ2v) is 6.14. The number of hydrogen-bond acceptors (Lipinski definition) is 2. The molecule has 1 unspecified atom stereocenters. The molecule has 1 aliphatic heterocycles. The summed E-state index contributed by atoms with van der Waals surface area (Å²) in [7, 11) is 0. The monoisotopic (exact) mass is 246 g/mol. The summed E-state index contributed by atoms with van der Waals surface area (Å²) in [5.74, 6) is 0.733. The molecule has 2 heteroatoms. The van der Waals surface area contributed by atoms with Crippen LogP contribution < -0.4 is 5.32 Å². The van der Waals surface area contributed by atoms with Crippen molar-refractivity contribution < 1.29 is 0 Å². The Morgan fingerprint density at radius 3 is 2.56 bits per heavy atom. The van der Waals surface area contributed by atoms with Crippen molar-refractivity contribution in [2.75, 3.05) is 18.4 Å². The van der Waals surface area contributed by atoms with Crippen LogP contribution >= 0.6 is 0 Å². The van der Waals surface area contributed by atoms with Gasteiger partial charge in [0.15, 0.2) is 0 Å². The maximum atomic E-state index is 3.65. The van der Waals surface area contributed by atoms with Gasteiger partial charge in [-0.2, -0.15) is 0 Å². The van der Waals surface area contributed by atoms with E-state index in [9.17, 15) is 0 Å². The number of para-hydroxylation sites is 1. The van der Waals surface area contributed by atoms with Gasteiger partial charge in [-0.05, 0) is 37.8 Å². The molecule has 1 heterocycles. The Bertz CT molecular complexity index is 359. The molecule has 100 valence electrons. The fourth-order valence-corrected chi connectivity index (χ4v) is 2.73. The van der Waals surface area contributed by atoms with Crippen LogP contribution in [-0.2, 0) is 6.42 Å². The summed E-state index contributed by atoms with van der Waals surface area (Å²) >= 11 is 0. The van der Waals surface area contributed by atoms with E-state index in [1.165, 1.54) is 17.8 Å². The minimum Gasteiger partial charge on any atom is -0.380 e. The number of anilines is 1. The molecule has 0 radical (unpaired) electrons. The van der Waals surface area contributed by atoms with E-state index in [4.69, 9.17) is 0 Å². The Balaban J connectivity index is 1.94. The predicted octanol–water partition coefficient (Wildman–Crippen LogP) is 3.39. The zero-order chi connectivity index (χ0) is 13.1. The van der Waals surface area contributed by atoms with Crippen molar-refractivity contribution >= 4 is 5.69 Å². The van der Waals surface area contributed by atoms with Crippen LogP contribution in [0.3, 0.4) is 0 Å². The van der Waals surface area contributed by atoms with Gasteiger partial charge >= 0.3 is 0 Å². The topological polar surface area (TPSA) is 15.3 Å². The molecule has 18 heavy (non-hydrogen) atoms. The van der Waals surface area contributed by atoms with Gasteiger partial charge in [0.2, 0.25) is 0 Å². The zero-order valence-electron chi connectivity index (χ0n) is 12.1. The second-order valence-electron chi connectivity index (χ2n) is 6.14. The third-order valence-corrected chi connectivity index (χ3v) is 3.63. The van der Waals surface area contributed by atoms with E-state index in [0.717, 1.165) is 18.9 Å². The largest absolute Gasteiger partial charge is 0.380 e. The SMILES string of the molecule is CC(C)CN(CC1Cc2ccccc2N1)C(C)C. The molecule has 0 saturated heterocycles. The Hall–Kier alpha value is -1.02. The van der Waals surface area contributed by atoms with Crippen molar-refractivity contribution in [3.05, 3.63) is 29.8 Å². The fraction of sp³-hybridized carbons (Fsp3) is 0.625. The van der Waals surface area contributed by atoms with Gasteiger partial charge in [-0.15, -0.1) is 0 Å². The first-order valence-corrected chi connectivity index (χ1v) is 7.14. The molecule has 0 aliphatic carbocycles. The lowest BCUT2D eigenvalue weighted by atomic mass is 10.1. The van der Waals surface area contributed by atoms with Gasteiger partial charge in [-0.3, -0.25) is 4.90 Å². The van der Waals surface area contributed by atoms with E-state index in [0.29, 0.717) is 12.1 Å². The minimum absolute atomic E-state index is 0.573. The molecule has 1 atom stereocenters. The van der Waals surface area contributed by atoms with Crippen LogP contribution in [0.25, 0.3) is 0 Å². The third-order valence-electron chi connectivity index (χ3n) is 3.63. The molecule has 0 spiro atoms. The number of hydrogen-bond donors (Lipinski definition) is 1. The van der Waals surface area contributed by atoms with E-state index in [-0.39, 0.29) is 0 Å². The van der Waals surface area contributed by atoms with Gasteiger partial charge in [0.25, 0.3) is 0 Å². The summed E-state index contributed by atoms with van der Waals surface area (Å²) < 4.78 is 0. The lowest BCUT2D eigenvalue weighted by Gasteiger charge is -2.30. The molecule has 0 saturated carbocycles. The van der Waals surface area contributed by atoms with E-state index < -0.39 is 0 Å². The van der Waals surface area contributed by atoms with Gasteiger partial charge in [-0.1, -0.05) is 32.0 Å². The number of nitrogens with one attached hydrogen (secondary N) is 1. The highest BCUT2D eigenvalue weighted by molar-refractivity contribution is 5.56. The summed E-state index contributed by atoms with van der Waals surface area (Å²) in [6.45, 7) is 11.5. The molecule has 1 aliphatic rings. The first-order valence-electron chi connectivity index (χ1n) is 7.14. The molecular weight excluding hydrogens is 220 g/mol. The summed E-state index contributed by atoms with van der Waals surface area (Å²) in [6, 6.07) is 9.88. The van der Waals surface area contributed by atoms with Crippen molar-refractivity contribution in [1.82, 2.24) is 4.90 Å². The molecule has 1 aromatic carbocycles. The lowest BCUT2D eigenvalue weighted by Crippen LogP contribution is -2.41. The van der Waals surface area contributed by atoms with E-state index in [1.807, 2.05) is 0 Å². The number of fused-ring (bicyclic) bond motifs is 1. The van der Waals surface area contributed by atoms with Gasteiger partial charge < -0.3 is 5.32 Å². The van der Waals surface area contributed by atoms with Gasteiger partial charge in [-0.25, -0.2) is 0 Å². The van der Waals surface area contributed by atoms with Crippen molar-refractivity contribution in [3.63, 3.8) is 0 Å². The average Bonchev–Trinajstić information content (AvgIpc) is 2.69. The molecule has 1 N–H and O–H groups in total. The standard InChI is InChI=1S/C16H26N2/c1-12(2)10-18(13(3)4)11-15-9-14-7-5-6-8-16(14)17-15/h5-8,12-13,15,17H,9-11H2,1-4H3. The van der Waals surface area contributed by atoms with Crippen LogP contribution in [0, 0.1) is 5.92 Å². The van der Waals surface area contributed by atoms with E-state index in [1.54, 1.807) is 0 Å². The van der Waals surface area contributed by atoms with Crippen LogP contribution in [-0.4, -0.2) is 30.1 Å². The highest BCUT2D eigenvalue weighted by atomic mass is 15.2. The fourth-order valence-electron chi connectivity index (χ4n) is 2.73. The van der Waals surface area contributed by atoms with Crippen LogP contribution in [0.15, 0.2) is 24.3 Å². The molecule has 0 aromatic heterocycles. The zero-order valence-corrected chi connectivity index (χ0v) is 12.1. The molecular formula is C16H26N2. The maximum absolute atomic E-state index is 3.65. The smallest absolute Gasteiger partial charge is 0.0429 e. The summed E-state index contributed by atoms with van der Waals surface area (Å²) in [4.78, 5) is 2.59. The Labute approximate surface area is 111 Å². The van der Waals surface area contributed by atoms with Crippen molar-refractivity contribution in [2.45, 2.75) is 46.2 Å². The van der Waals surface area contributed by atoms with Crippen molar-refractivity contribution in [2.24, 2.45) is 5.92 Å². The van der Waals surface area contributed by atoms with Crippen LogP contribution in [0.1, 0.15) is 33.3 Å². The number of nitrogens with zero attached hydrogens (tertiary/aromatic N) is 1. The first-order chi connectivity index (χ1) is 8.56. The van der Waals surface area contributed by atoms with E-state index in [2.05, 4.69) is 62.2 Å². The number of benzene rings is 1. The van der Waals surface area contributed by atoms with Crippen LogP contribution in [0.4, 0.5) is 5.69 Å². The third kappa shape index (κ3) is 3.26. The summed E-state index contributed by atoms with van der Waals surface area (Å²) in [5, 5.41) is 3.65. The average molecular weight is 246 g/mol. The van der Waals surface area contributed by atoms with Gasteiger partial charge in [0.1, 0.15) is 0 Å². The molecule has 0 amide bonds. The Kier molecular flexibility index (Phi) is 4.28. The number of rotatable bonds is 5. The van der Waals surface area contributed by atoms with Crippen LogP contribution in [0.2, 0.25) is 0 Å². The molecule has 0 fully saturated rings. The minimum atomic E-state index is 0.573. The van der Waals surface area contributed by atoms with Gasteiger partial charge in [0.05, 0.1) is 0 Å². The summed E-state index contributed by atoms with van der Waals surface area (Å²) in [6.07, 6.45) is 1.16. The van der Waals surface area contributed by atoms with Gasteiger partial charge in [0, 0.05) is 30.9 Å². The molecule has 2 rings (SSSR count). The summed E-state index contributed by atoms with van der Waals surface area (Å²) in [5.41, 5.74) is 2.80. The molecule has 2 nitrogen and oxygen atoms in total. The Morgan fingerprint density at radius 2 is 1.94 bits per heavy atom. The predicted molar refractivity (Wildman–Crippen MR) is 79.1 cm³/mol.